The molecule has 686 valence electrons. The van der Waals surface area contributed by atoms with Crippen molar-refractivity contribution < 1.29 is 83.6 Å². The van der Waals surface area contributed by atoms with Gasteiger partial charge in [0.1, 0.15) is 6.54 Å². The summed E-state index contributed by atoms with van der Waals surface area (Å²) in [6.07, 6.45) is 19.0. The number of hydrogen-bond donors (Lipinski definition) is 0. The van der Waals surface area contributed by atoms with Crippen LogP contribution in [0.2, 0.25) is 0 Å². The monoisotopic (exact) mass is 2350 g/mol. The Labute approximate surface area is 873 Å². The molecule has 0 N–H and O–H groups in total. The smallest absolute Gasteiger partial charge is 0.500 e. The van der Waals surface area contributed by atoms with Crippen LogP contribution in [0.1, 0.15) is 43.1 Å². The standard InChI is InChI=1S/3C18H14N.C15H12N2.C12H11N2.C12H10N.3C11H8N.3Ir/c1-2-6-14(7-3-1)15-9-10-16-13-19-11-5-4-8-18(19)17(16)12-15;1-14-12-18(16-10-6-3-7-11-16)19-13-17(14)15-8-4-2-5-9-15;1-14-7-5-6-10-17(14)16-11-12-18(19-13-16)15-8-3-2-4-9-15;1-3-7-14(8-4-1)16-11-12-17(13-16)15-9-5-2-6-10-15;1-9-6-7-14-8-10-4-2-3-5-11(10)12(14)13-9;1-2-6-11-10(5-1)9-13-8-4-3-7-12(11)13;3*1-2-6-10(7-3-1)11-8-4-5-9-12-11;;;/h1-12H,13H2;2-10,12-13H,1H3;2-8,10-13H,1H3;1-9,11-13H;2-7H,8H2,1H3;1-8H,9H2;3*1-6,8-9H;;;/q+1;2*-1;-2;2*+1;3*-1;;;+3/i;;;;;1D,2D,3D,4D,5D,6D,7D;;;;;;. The fourth-order valence-electron chi connectivity index (χ4n) is 15.6. The van der Waals surface area contributed by atoms with E-state index in [2.05, 4.69) is 264 Å². The molecule has 0 atom stereocenters. The number of aromatic nitrogens is 9. The topological polar surface area (TPSA) is 95.5 Å². The summed E-state index contributed by atoms with van der Waals surface area (Å²) in [5.74, 6) is 1.10. The van der Waals surface area contributed by atoms with Gasteiger partial charge in [0.25, 0.3) is 0 Å². The molecule has 0 spiro atoms. The molecule has 0 amide bonds. The maximum atomic E-state index is 7.97. The molecule has 8 aromatic heterocycles. The van der Waals surface area contributed by atoms with Gasteiger partial charge < -0.3 is 34.7 Å². The molecule has 0 fully saturated rings. The molecule has 0 aliphatic carbocycles. The molecule has 25 rings (SSSR count). The van der Waals surface area contributed by atoms with Crippen molar-refractivity contribution in [3.05, 3.63) is 581 Å². The molecular weight excluding hydrogens is 2240 g/mol. The van der Waals surface area contributed by atoms with E-state index in [9.17, 15) is 0 Å². The summed E-state index contributed by atoms with van der Waals surface area (Å²) >= 11 is 0. The van der Waals surface area contributed by atoms with E-state index >= 15 is 0 Å². The number of nitrogens with zero attached hydrogens (tertiary/aromatic N) is 11. The molecule has 4 aliphatic rings. The van der Waals surface area contributed by atoms with Crippen LogP contribution in [0.4, 0.5) is 11.4 Å². The maximum Gasteiger partial charge on any atom is 3.00 e. The van der Waals surface area contributed by atoms with E-state index in [0.717, 1.165) is 97.8 Å². The fraction of sp³-hybridized carbons (Fsp3) is 0.0476. The van der Waals surface area contributed by atoms with Gasteiger partial charge in [-0.25, -0.2) is 4.57 Å². The van der Waals surface area contributed by atoms with Crippen LogP contribution in [0.25, 0.3) is 124 Å². The molecule has 0 saturated heterocycles. The zero-order valence-electron chi connectivity index (χ0n) is 84.0. The molecule has 12 heterocycles. The van der Waals surface area contributed by atoms with Crippen LogP contribution >= 0.6 is 0 Å². The first-order chi connectivity index (χ1) is 70.6. The molecule has 0 bridgehead atoms. The van der Waals surface area contributed by atoms with Crippen LogP contribution in [-0.4, -0.2) is 29.9 Å². The van der Waals surface area contributed by atoms with Crippen LogP contribution in [0, 0.1) is 63.8 Å². The molecule has 140 heavy (non-hydrogen) atoms. The summed E-state index contributed by atoms with van der Waals surface area (Å²) in [5, 5.41) is 0. The van der Waals surface area contributed by atoms with E-state index in [-0.39, 0.29) is 120 Å². The second-order valence-corrected chi connectivity index (χ2v) is 31.8. The Balaban J connectivity index is 0.000000131. The average molecular weight is 2350 g/mol. The van der Waals surface area contributed by atoms with Crippen LogP contribution < -0.4 is 23.5 Å². The van der Waals surface area contributed by atoms with Crippen molar-refractivity contribution >= 4 is 11.4 Å². The molecule has 0 saturated carbocycles. The summed E-state index contributed by atoms with van der Waals surface area (Å²) in [5.41, 5.74) is 30.8. The van der Waals surface area contributed by atoms with Crippen molar-refractivity contribution in [2.75, 3.05) is 9.80 Å². The van der Waals surface area contributed by atoms with Gasteiger partial charge in [-0.3, -0.25) is 0 Å². The van der Waals surface area contributed by atoms with Gasteiger partial charge in [-0.1, -0.05) is 206 Å². The van der Waals surface area contributed by atoms with Gasteiger partial charge >= 0.3 is 25.9 Å². The normalized spacial score (nSPS) is 11.8. The van der Waals surface area contributed by atoms with Gasteiger partial charge in [-0.05, 0) is 159 Å². The van der Waals surface area contributed by atoms with E-state index in [1.807, 2.05) is 286 Å². The Hall–Kier alpha value is -15.7. The number of benzene rings is 13. The van der Waals surface area contributed by atoms with Gasteiger partial charge in [0.15, 0.2) is 31.2 Å². The Kier molecular flexibility index (Phi) is 33.7. The minimum Gasteiger partial charge on any atom is -0.500 e. The summed E-state index contributed by atoms with van der Waals surface area (Å²) in [4.78, 5) is 30.4. The SMILES string of the molecule is Cc1cc(-c2[c-]cccc2)ncc1-c1ccccc1.Cc1cc[n+]2c(n1)-c1ccccc1C2.Cc1ccccc1-c1ccc(-c2[c-]cccc2)nc1.[2H]c1c[n+]2c(c([2H])c1[2H])-c1c([2H])c([2H])c([2H])c([2H])c1C2.[Ir+3].[Ir].[Ir].[c-]1ccccc1-c1ccccn1.[c-]1ccccc1-c1ccccn1.[c-]1ccccc1-c1ccccn1.[c-]1ccccc1N1C=CN(c2ccccc2)[CH-]1.c1ccc(-c2ccc3c(c2)-c2cccc[n+]2C3)cc1. The summed E-state index contributed by atoms with van der Waals surface area (Å²) < 4.78 is 60.6. The Morgan fingerprint density at radius 2 is 0.771 bits per heavy atom. The summed E-state index contributed by atoms with van der Waals surface area (Å²) in [6.45, 7) is 10.5. The predicted octanol–water partition coefficient (Wildman–Crippen LogP) is 27.5. The van der Waals surface area contributed by atoms with E-state index in [1.54, 1.807) is 23.2 Å². The summed E-state index contributed by atoms with van der Waals surface area (Å²) in [6, 6.07) is 152. The van der Waals surface area contributed by atoms with Crippen LogP contribution in [-0.2, 0) is 80.0 Å². The van der Waals surface area contributed by atoms with Crippen LogP contribution in [0.5, 0.6) is 0 Å². The Morgan fingerprint density at radius 3 is 1.33 bits per heavy atom. The number of anilines is 2. The molecule has 11 nitrogen and oxygen atoms in total. The zero-order valence-corrected chi connectivity index (χ0v) is 84.2. The number of fused-ring (bicyclic) bond motifs is 9. The zero-order chi connectivity index (χ0) is 99.3. The quantitative estimate of drug-likeness (QED) is 0.0987. The number of aryl methyl sites for hydroxylation is 3. The number of pyridine rings is 7. The van der Waals surface area contributed by atoms with Crippen molar-refractivity contribution in [3.8, 4) is 124 Å². The third-order valence-electron chi connectivity index (χ3n) is 22.5. The Morgan fingerprint density at radius 1 is 0.300 bits per heavy atom. The molecular formula is C126H99Ir3N11-. The maximum absolute atomic E-state index is 7.97. The van der Waals surface area contributed by atoms with Gasteiger partial charge in [0.2, 0.25) is 11.4 Å². The third-order valence-corrected chi connectivity index (χ3v) is 22.5. The fourth-order valence-corrected chi connectivity index (χ4v) is 15.6. The summed E-state index contributed by atoms with van der Waals surface area (Å²) in [7, 11) is 0. The number of rotatable bonds is 10. The van der Waals surface area contributed by atoms with Crippen LogP contribution in [0.15, 0.2) is 505 Å². The van der Waals surface area contributed by atoms with Gasteiger partial charge in [0, 0.05) is 136 Å². The first-order valence-corrected chi connectivity index (χ1v) is 45.1. The minimum atomic E-state index is -0.344. The first-order valence-electron chi connectivity index (χ1n) is 48.6. The van der Waals surface area contributed by atoms with Crippen molar-refractivity contribution in [2.45, 2.75) is 40.4 Å². The minimum absolute atomic E-state index is 0. The first kappa shape index (κ1) is 90.7. The Bertz CT molecular complexity index is 7510. The molecule has 0 unspecified atom stereocenters. The second kappa shape index (κ2) is 52.0. The van der Waals surface area contributed by atoms with E-state index < -0.39 is 0 Å². The molecule has 4 aliphatic heterocycles. The average Bonchev–Trinajstić information content (AvgIpc) is 1.58. The van der Waals surface area contributed by atoms with Crippen molar-refractivity contribution in [1.29, 1.82) is 0 Å². The largest absolute Gasteiger partial charge is 3.00 e. The number of para-hydroxylation sites is 2. The third kappa shape index (κ3) is 27.2. The van der Waals surface area contributed by atoms with E-state index in [1.165, 1.54) is 73.1 Å². The number of hydrogen-bond acceptors (Lipinski definition) is 8. The van der Waals surface area contributed by atoms with Gasteiger partial charge in [-0.2, -0.15) is 39.5 Å². The van der Waals surface area contributed by atoms with Gasteiger partial charge in [0.05, 0.1) is 32.5 Å². The van der Waals surface area contributed by atoms with Crippen molar-refractivity contribution in [1.82, 2.24) is 29.9 Å². The molecule has 13 aromatic carbocycles. The van der Waals surface area contributed by atoms with Crippen molar-refractivity contribution in [3.63, 3.8) is 0 Å². The van der Waals surface area contributed by atoms with Crippen LogP contribution in [0.3, 0.4) is 0 Å². The van der Waals surface area contributed by atoms with Gasteiger partial charge in [-0.15, -0.1) is 192 Å². The van der Waals surface area contributed by atoms with Crippen molar-refractivity contribution in [2.24, 2.45) is 0 Å². The second-order valence-electron chi connectivity index (χ2n) is 31.8. The van der Waals surface area contributed by atoms with E-state index in [0.29, 0.717) is 5.56 Å². The predicted molar refractivity (Wildman–Crippen MR) is 555 cm³/mol. The molecule has 2 radical (unpaired) electrons. The molecule has 21 aromatic rings. The van der Waals surface area contributed by atoms with E-state index in [4.69, 9.17) is 9.60 Å². The molecule has 14 heteroatoms.